The summed E-state index contributed by atoms with van der Waals surface area (Å²) in [5, 5.41) is 6.36. The maximum atomic E-state index is 12.2. The summed E-state index contributed by atoms with van der Waals surface area (Å²) in [6, 6.07) is 8.50. The number of nitrogens with one attached hydrogen (secondary N) is 1. The predicted octanol–water partition coefficient (Wildman–Crippen LogP) is 2.78. The van der Waals surface area contributed by atoms with Gasteiger partial charge >= 0.3 is 0 Å². The van der Waals surface area contributed by atoms with Gasteiger partial charge in [0.25, 0.3) is 11.8 Å². The maximum absolute atomic E-state index is 12.2. The zero-order valence-electron chi connectivity index (χ0n) is 13.9. The molecule has 7 nitrogen and oxygen atoms in total. The molecule has 7 heteroatoms. The lowest BCUT2D eigenvalue weighted by atomic mass is 10.1. The minimum atomic E-state index is -0.236. The van der Waals surface area contributed by atoms with Crippen molar-refractivity contribution >= 4 is 23.5 Å². The van der Waals surface area contributed by atoms with Gasteiger partial charge in [-0.1, -0.05) is 23.7 Å². The third-order valence-corrected chi connectivity index (χ3v) is 4.06. The second-order valence-corrected chi connectivity index (χ2v) is 5.99. The van der Waals surface area contributed by atoms with Crippen LogP contribution < -0.4 is 5.32 Å². The Hall–Kier alpha value is -2.96. The van der Waals surface area contributed by atoms with Crippen LogP contribution in [0.1, 0.15) is 52.2 Å². The highest BCUT2D eigenvalue weighted by Gasteiger charge is 2.34. The van der Waals surface area contributed by atoms with E-state index in [1.54, 1.807) is 37.3 Å². The zero-order chi connectivity index (χ0) is 17.8. The van der Waals surface area contributed by atoms with E-state index in [9.17, 15) is 14.4 Å². The van der Waals surface area contributed by atoms with Gasteiger partial charge in [-0.15, -0.1) is 0 Å². The topological polar surface area (TPSA) is 92.5 Å². The van der Waals surface area contributed by atoms with Gasteiger partial charge < -0.3 is 9.84 Å². The fraction of sp³-hybridized carbons (Fsp3) is 0.333. The van der Waals surface area contributed by atoms with Crippen LogP contribution in [0, 0.1) is 6.92 Å². The van der Waals surface area contributed by atoms with Crippen LogP contribution in [0.4, 0.5) is 5.82 Å². The average molecular weight is 341 g/mol. The van der Waals surface area contributed by atoms with Gasteiger partial charge in [-0.3, -0.25) is 19.3 Å². The number of fused-ring (bicyclic) bond motifs is 1. The van der Waals surface area contributed by atoms with Gasteiger partial charge in [0.05, 0.1) is 11.1 Å². The van der Waals surface area contributed by atoms with E-state index in [1.165, 1.54) is 4.90 Å². The predicted molar refractivity (Wildman–Crippen MR) is 90.1 cm³/mol. The number of carbonyl (C=O) groups is 3. The van der Waals surface area contributed by atoms with Crippen LogP contribution in [-0.4, -0.2) is 34.3 Å². The van der Waals surface area contributed by atoms with Crippen LogP contribution >= 0.6 is 0 Å². The second kappa shape index (κ2) is 7.29. The molecular formula is C18H19N3O4. The number of benzene rings is 1. The van der Waals surface area contributed by atoms with E-state index in [-0.39, 0.29) is 17.7 Å². The fourth-order valence-corrected chi connectivity index (χ4v) is 2.81. The summed E-state index contributed by atoms with van der Waals surface area (Å²) in [6.07, 6.45) is 2.44. The number of nitrogens with zero attached hydrogens (tertiary/aromatic N) is 2. The molecule has 130 valence electrons. The number of aryl methyl sites for hydroxylation is 1. The number of hydrogen-bond donors (Lipinski definition) is 1. The molecule has 3 rings (SSSR count). The Morgan fingerprint density at radius 1 is 1.12 bits per heavy atom. The maximum Gasteiger partial charge on any atom is 0.261 e. The molecule has 0 unspecified atom stereocenters. The van der Waals surface area contributed by atoms with Crippen molar-refractivity contribution in [3.05, 3.63) is 47.2 Å². The minimum Gasteiger partial charge on any atom is -0.360 e. The molecule has 0 spiro atoms. The lowest BCUT2D eigenvalue weighted by Crippen LogP contribution is -2.30. The van der Waals surface area contributed by atoms with Gasteiger partial charge in [0.2, 0.25) is 5.91 Å². The molecule has 1 N–H and O–H groups in total. The number of hydrogen-bond acceptors (Lipinski definition) is 5. The largest absolute Gasteiger partial charge is 0.360 e. The van der Waals surface area contributed by atoms with Crippen LogP contribution in [0.5, 0.6) is 0 Å². The third-order valence-electron chi connectivity index (χ3n) is 4.06. The Bertz CT molecular complexity index is 777. The summed E-state index contributed by atoms with van der Waals surface area (Å²) < 4.78 is 4.88. The van der Waals surface area contributed by atoms with Crippen LogP contribution in [-0.2, 0) is 4.79 Å². The van der Waals surface area contributed by atoms with E-state index in [0.717, 1.165) is 6.42 Å². The molecule has 0 fully saturated rings. The summed E-state index contributed by atoms with van der Waals surface area (Å²) >= 11 is 0. The van der Waals surface area contributed by atoms with Crippen LogP contribution in [0.2, 0.25) is 0 Å². The van der Waals surface area contributed by atoms with Gasteiger partial charge in [0.15, 0.2) is 5.82 Å². The second-order valence-electron chi connectivity index (χ2n) is 5.99. The molecule has 1 aromatic heterocycles. The van der Waals surface area contributed by atoms with Crippen molar-refractivity contribution in [1.82, 2.24) is 10.1 Å². The quantitative estimate of drug-likeness (QED) is 0.617. The molecule has 0 radical (unpaired) electrons. The number of amides is 3. The molecule has 2 aromatic rings. The summed E-state index contributed by atoms with van der Waals surface area (Å²) in [5.41, 5.74) is 0.935. The molecular weight excluding hydrogens is 322 g/mol. The molecule has 25 heavy (non-hydrogen) atoms. The Morgan fingerprint density at radius 2 is 1.80 bits per heavy atom. The average Bonchev–Trinajstić information content (AvgIpc) is 3.11. The zero-order valence-corrected chi connectivity index (χ0v) is 13.9. The number of unbranched alkanes of at least 4 members (excludes halogenated alkanes) is 2. The lowest BCUT2D eigenvalue weighted by molar-refractivity contribution is -0.116. The Balaban J connectivity index is 1.39. The van der Waals surface area contributed by atoms with E-state index < -0.39 is 0 Å². The Kier molecular flexibility index (Phi) is 4.92. The first-order chi connectivity index (χ1) is 12.1. The highest BCUT2D eigenvalue weighted by atomic mass is 16.5. The standard InChI is InChI=1S/C18H19N3O4/c1-12-11-15(20-25-12)19-16(22)9-3-2-6-10-21-17(23)13-7-4-5-8-14(13)18(21)24/h4-5,7-8,11H,2-3,6,9-10H2,1H3,(H,19,20,22). The van der Waals surface area contributed by atoms with Crippen molar-refractivity contribution in [2.24, 2.45) is 0 Å². The van der Waals surface area contributed by atoms with E-state index in [2.05, 4.69) is 10.5 Å². The van der Waals surface area contributed by atoms with Crippen molar-refractivity contribution in [2.75, 3.05) is 11.9 Å². The van der Waals surface area contributed by atoms with Crippen molar-refractivity contribution in [1.29, 1.82) is 0 Å². The normalized spacial score (nSPS) is 13.2. The summed E-state index contributed by atoms with van der Waals surface area (Å²) in [5.74, 6) is 0.443. The summed E-state index contributed by atoms with van der Waals surface area (Å²) in [6.45, 7) is 2.12. The number of anilines is 1. The highest BCUT2D eigenvalue weighted by Crippen LogP contribution is 2.22. The highest BCUT2D eigenvalue weighted by molar-refractivity contribution is 6.21. The van der Waals surface area contributed by atoms with E-state index in [1.807, 2.05) is 0 Å². The van der Waals surface area contributed by atoms with Crippen LogP contribution in [0.25, 0.3) is 0 Å². The molecule has 1 aliphatic rings. The summed E-state index contributed by atoms with van der Waals surface area (Å²) in [4.78, 5) is 37.5. The van der Waals surface area contributed by atoms with Gasteiger partial charge in [-0.2, -0.15) is 0 Å². The molecule has 0 aliphatic carbocycles. The van der Waals surface area contributed by atoms with Crippen LogP contribution in [0.3, 0.4) is 0 Å². The van der Waals surface area contributed by atoms with Crippen LogP contribution in [0.15, 0.2) is 34.9 Å². The minimum absolute atomic E-state index is 0.131. The van der Waals surface area contributed by atoms with E-state index in [4.69, 9.17) is 4.52 Å². The van der Waals surface area contributed by atoms with Crippen molar-refractivity contribution < 1.29 is 18.9 Å². The molecule has 3 amide bonds. The van der Waals surface area contributed by atoms with E-state index >= 15 is 0 Å². The van der Waals surface area contributed by atoms with Gasteiger partial charge in [-0.25, -0.2) is 0 Å². The van der Waals surface area contributed by atoms with Crippen molar-refractivity contribution in [3.8, 4) is 0 Å². The first-order valence-electron chi connectivity index (χ1n) is 8.24. The Labute approximate surface area is 145 Å². The van der Waals surface area contributed by atoms with Gasteiger partial charge in [0.1, 0.15) is 5.76 Å². The molecule has 1 aliphatic heterocycles. The number of aromatic nitrogens is 1. The van der Waals surface area contributed by atoms with Crippen molar-refractivity contribution in [2.45, 2.75) is 32.6 Å². The monoisotopic (exact) mass is 341 g/mol. The van der Waals surface area contributed by atoms with Gasteiger partial charge in [-0.05, 0) is 31.9 Å². The lowest BCUT2D eigenvalue weighted by Gasteiger charge is -2.13. The number of carbonyl (C=O) groups excluding carboxylic acids is 3. The Morgan fingerprint density at radius 3 is 2.40 bits per heavy atom. The smallest absolute Gasteiger partial charge is 0.261 e. The van der Waals surface area contributed by atoms with Crippen molar-refractivity contribution in [3.63, 3.8) is 0 Å². The molecule has 0 bridgehead atoms. The third kappa shape index (κ3) is 3.76. The van der Waals surface area contributed by atoms with Gasteiger partial charge in [0, 0.05) is 19.0 Å². The number of rotatable bonds is 7. The molecule has 1 aromatic carbocycles. The molecule has 0 saturated carbocycles. The molecule has 0 saturated heterocycles. The number of imide groups is 1. The first-order valence-corrected chi connectivity index (χ1v) is 8.24. The summed E-state index contributed by atoms with van der Waals surface area (Å²) in [7, 11) is 0. The molecule has 2 heterocycles. The first kappa shape index (κ1) is 16.9. The fourth-order valence-electron chi connectivity index (χ4n) is 2.81. The molecule has 0 atom stereocenters. The SMILES string of the molecule is Cc1cc(NC(=O)CCCCCN2C(=O)c3ccccc3C2=O)no1. The van der Waals surface area contributed by atoms with E-state index in [0.29, 0.717) is 48.5 Å².